The molecular weight excluding hydrogens is 252 g/mol. The highest BCUT2D eigenvalue weighted by molar-refractivity contribution is 6.00. The zero-order valence-electron chi connectivity index (χ0n) is 12.6. The van der Waals surface area contributed by atoms with Gasteiger partial charge >= 0.3 is 0 Å². The number of aryl methyl sites for hydroxylation is 1. The first-order chi connectivity index (χ1) is 9.58. The number of anilines is 1. The van der Waals surface area contributed by atoms with Gasteiger partial charge in [0.25, 0.3) is 5.91 Å². The van der Waals surface area contributed by atoms with Crippen molar-refractivity contribution in [2.75, 3.05) is 18.0 Å². The van der Waals surface area contributed by atoms with Crippen LogP contribution in [0, 0.1) is 5.92 Å². The molecule has 1 unspecified atom stereocenters. The number of carbonyl (C=O) groups excluding carboxylic acids is 1. The monoisotopic (exact) mass is 276 g/mol. The smallest absolute Gasteiger partial charge is 0.268 e. The first-order valence-electron chi connectivity index (χ1n) is 7.39. The largest absolute Gasteiger partial charge is 0.478 e. The molecule has 0 aromatic heterocycles. The van der Waals surface area contributed by atoms with E-state index in [4.69, 9.17) is 10.5 Å². The summed E-state index contributed by atoms with van der Waals surface area (Å²) in [6, 6.07) is 6.10. The van der Waals surface area contributed by atoms with E-state index >= 15 is 0 Å². The number of likely N-dealkylation sites (N-methyl/N-ethyl adjacent to an activating group) is 1. The molecule has 1 heterocycles. The van der Waals surface area contributed by atoms with Crippen molar-refractivity contribution in [2.24, 2.45) is 11.7 Å². The van der Waals surface area contributed by atoms with Crippen LogP contribution in [0.2, 0.25) is 0 Å². The molecule has 1 atom stereocenters. The average molecular weight is 276 g/mol. The molecule has 0 fully saturated rings. The average Bonchev–Trinajstić information content (AvgIpc) is 2.44. The van der Waals surface area contributed by atoms with E-state index in [9.17, 15) is 4.79 Å². The zero-order valence-corrected chi connectivity index (χ0v) is 12.6. The van der Waals surface area contributed by atoms with Crippen molar-refractivity contribution < 1.29 is 9.53 Å². The highest BCUT2D eigenvalue weighted by Gasteiger charge is 2.35. The van der Waals surface area contributed by atoms with Crippen LogP contribution >= 0.6 is 0 Å². The zero-order chi connectivity index (χ0) is 14.7. The third-order valence-corrected chi connectivity index (χ3v) is 3.67. The van der Waals surface area contributed by atoms with Gasteiger partial charge in [0.15, 0.2) is 6.10 Å². The Balaban J connectivity index is 2.33. The van der Waals surface area contributed by atoms with Crippen molar-refractivity contribution in [3.05, 3.63) is 23.8 Å². The fourth-order valence-electron chi connectivity index (χ4n) is 2.54. The lowest BCUT2D eigenvalue weighted by Crippen LogP contribution is -2.48. The Labute approximate surface area is 120 Å². The summed E-state index contributed by atoms with van der Waals surface area (Å²) >= 11 is 0. The van der Waals surface area contributed by atoms with Gasteiger partial charge in [-0.3, -0.25) is 4.79 Å². The number of nitrogens with two attached hydrogens (primary N) is 1. The number of ether oxygens (including phenoxy) is 1. The van der Waals surface area contributed by atoms with E-state index in [2.05, 4.69) is 12.1 Å². The van der Waals surface area contributed by atoms with E-state index in [0.717, 1.165) is 24.3 Å². The van der Waals surface area contributed by atoms with Crippen molar-refractivity contribution >= 4 is 11.6 Å². The lowest BCUT2D eigenvalue weighted by atomic mass is 10.0. The highest BCUT2D eigenvalue weighted by Crippen LogP contribution is 2.36. The Hall–Kier alpha value is -1.55. The molecule has 1 amide bonds. The Bertz CT molecular complexity index is 485. The second-order valence-corrected chi connectivity index (χ2v) is 5.56. The standard InChI is InChI=1S/C16H24N2O2/c1-4-18-13-10-12(6-5-9-17)7-8-14(13)20-15(11(2)3)16(18)19/h7-8,10-11,15H,4-6,9,17H2,1-3H3. The topological polar surface area (TPSA) is 55.6 Å². The minimum absolute atomic E-state index is 0.0611. The van der Waals surface area contributed by atoms with Crippen LogP contribution in [0.15, 0.2) is 18.2 Å². The van der Waals surface area contributed by atoms with Gasteiger partial charge in [-0.15, -0.1) is 0 Å². The summed E-state index contributed by atoms with van der Waals surface area (Å²) in [6.45, 7) is 7.36. The van der Waals surface area contributed by atoms with Crippen LogP contribution in [0.1, 0.15) is 32.8 Å². The van der Waals surface area contributed by atoms with Gasteiger partial charge in [0.2, 0.25) is 0 Å². The minimum atomic E-state index is -0.377. The van der Waals surface area contributed by atoms with Crippen LogP contribution in [0.25, 0.3) is 0 Å². The number of rotatable bonds is 5. The molecule has 0 saturated heterocycles. The first kappa shape index (κ1) is 14.9. The van der Waals surface area contributed by atoms with Crippen molar-refractivity contribution in [1.29, 1.82) is 0 Å². The molecule has 0 bridgehead atoms. The number of hydrogen-bond acceptors (Lipinski definition) is 3. The summed E-state index contributed by atoms with van der Waals surface area (Å²) in [6.07, 6.45) is 1.51. The summed E-state index contributed by atoms with van der Waals surface area (Å²) < 4.78 is 5.88. The molecule has 1 aliphatic rings. The van der Waals surface area contributed by atoms with E-state index in [0.29, 0.717) is 13.1 Å². The van der Waals surface area contributed by atoms with E-state index in [1.807, 2.05) is 31.7 Å². The molecule has 0 aliphatic carbocycles. The molecule has 1 aromatic rings. The number of benzene rings is 1. The van der Waals surface area contributed by atoms with E-state index in [-0.39, 0.29) is 17.9 Å². The molecule has 110 valence electrons. The van der Waals surface area contributed by atoms with E-state index < -0.39 is 0 Å². The maximum Gasteiger partial charge on any atom is 0.268 e. The molecule has 4 nitrogen and oxygen atoms in total. The minimum Gasteiger partial charge on any atom is -0.478 e. The summed E-state index contributed by atoms with van der Waals surface area (Å²) in [5, 5.41) is 0. The first-order valence-corrected chi connectivity index (χ1v) is 7.39. The highest BCUT2D eigenvalue weighted by atomic mass is 16.5. The third kappa shape index (κ3) is 2.80. The molecule has 4 heteroatoms. The Morgan fingerprint density at radius 1 is 1.40 bits per heavy atom. The lowest BCUT2D eigenvalue weighted by molar-refractivity contribution is -0.128. The number of nitrogens with zero attached hydrogens (tertiary/aromatic N) is 1. The van der Waals surface area contributed by atoms with Crippen LogP contribution in [0.5, 0.6) is 5.75 Å². The molecule has 0 spiro atoms. The third-order valence-electron chi connectivity index (χ3n) is 3.67. The van der Waals surface area contributed by atoms with Crippen LogP contribution < -0.4 is 15.4 Å². The van der Waals surface area contributed by atoms with Gasteiger partial charge in [0.1, 0.15) is 5.75 Å². The number of hydrogen-bond donors (Lipinski definition) is 1. The molecule has 20 heavy (non-hydrogen) atoms. The van der Waals surface area contributed by atoms with E-state index in [1.54, 1.807) is 0 Å². The number of carbonyl (C=O) groups is 1. The van der Waals surface area contributed by atoms with Gasteiger partial charge in [0.05, 0.1) is 5.69 Å². The van der Waals surface area contributed by atoms with Gasteiger partial charge < -0.3 is 15.4 Å². The molecular formula is C16H24N2O2. The van der Waals surface area contributed by atoms with Crippen molar-refractivity contribution in [3.63, 3.8) is 0 Å². The van der Waals surface area contributed by atoms with Gasteiger partial charge in [-0.1, -0.05) is 19.9 Å². The predicted octanol–water partition coefficient (Wildman–Crippen LogP) is 2.35. The number of fused-ring (bicyclic) bond motifs is 1. The number of amides is 1. The molecule has 0 saturated carbocycles. The fraction of sp³-hybridized carbons (Fsp3) is 0.562. The quantitative estimate of drug-likeness (QED) is 0.898. The molecule has 1 aromatic carbocycles. The maximum atomic E-state index is 12.5. The Kier molecular flexibility index (Phi) is 4.65. The molecule has 1 aliphatic heterocycles. The lowest BCUT2D eigenvalue weighted by Gasteiger charge is -2.35. The van der Waals surface area contributed by atoms with Gasteiger partial charge in [-0.2, -0.15) is 0 Å². The SMILES string of the molecule is CCN1C(=O)C(C(C)C)Oc2ccc(CCCN)cc21. The van der Waals surface area contributed by atoms with Crippen molar-refractivity contribution in [3.8, 4) is 5.75 Å². The van der Waals surface area contributed by atoms with Crippen LogP contribution in [-0.2, 0) is 11.2 Å². The van der Waals surface area contributed by atoms with Crippen molar-refractivity contribution in [1.82, 2.24) is 0 Å². The van der Waals surface area contributed by atoms with Crippen LogP contribution in [-0.4, -0.2) is 25.1 Å². The molecule has 2 N–H and O–H groups in total. The van der Waals surface area contributed by atoms with Gasteiger partial charge in [0, 0.05) is 6.54 Å². The van der Waals surface area contributed by atoms with Crippen LogP contribution in [0.4, 0.5) is 5.69 Å². The maximum absolute atomic E-state index is 12.5. The van der Waals surface area contributed by atoms with E-state index in [1.165, 1.54) is 5.56 Å². The second-order valence-electron chi connectivity index (χ2n) is 5.56. The summed E-state index contributed by atoms with van der Waals surface area (Å²) in [5.74, 6) is 1.04. The fourth-order valence-corrected chi connectivity index (χ4v) is 2.54. The molecule has 0 radical (unpaired) electrons. The summed E-state index contributed by atoms with van der Waals surface area (Å²) in [7, 11) is 0. The normalized spacial score (nSPS) is 18.1. The molecule has 2 rings (SSSR count). The summed E-state index contributed by atoms with van der Waals surface area (Å²) in [5.41, 5.74) is 7.65. The van der Waals surface area contributed by atoms with Crippen LogP contribution in [0.3, 0.4) is 0 Å². The second kappa shape index (κ2) is 6.27. The van der Waals surface area contributed by atoms with Crippen molar-refractivity contribution in [2.45, 2.75) is 39.7 Å². The Morgan fingerprint density at radius 2 is 2.15 bits per heavy atom. The predicted molar refractivity (Wildman–Crippen MR) is 81.1 cm³/mol. The van der Waals surface area contributed by atoms with Gasteiger partial charge in [-0.05, 0) is 49.9 Å². The summed E-state index contributed by atoms with van der Waals surface area (Å²) in [4.78, 5) is 14.3. The Morgan fingerprint density at radius 3 is 2.75 bits per heavy atom. The van der Waals surface area contributed by atoms with Gasteiger partial charge in [-0.25, -0.2) is 0 Å².